The highest BCUT2D eigenvalue weighted by molar-refractivity contribution is 8.00. The summed E-state index contributed by atoms with van der Waals surface area (Å²) in [6.45, 7) is 1.09. The number of rotatable bonds is 4. The Bertz CT molecular complexity index is 424. The average molecular weight is 259 g/mol. The van der Waals surface area contributed by atoms with E-state index in [4.69, 9.17) is 4.74 Å². The second-order valence-corrected chi connectivity index (χ2v) is 4.72. The van der Waals surface area contributed by atoms with Gasteiger partial charge in [-0.05, 0) is 18.2 Å². The first-order chi connectivity index (χ1) is 8.15. The number of ether oxygens (including phenoxy) is 1. The standard InChI is InChI=1S/C11H11F2NO2S/c12-9-2-1-8(3-10(9)13)17-6-11(15)14-7-4-16-5-7/h1-3,7H,4-6H2,(H,14,15). The molecule has 2 rings (SSSR count). The number of amides is 1. The van der Waals surface area contributed by atoms with Crippen molar-refractivity contribution < 1.29 is 18.3 Å². The van der Waals surface area contributed by atoms with E-state index in [0.717, 1.165) is 12.1 Å². The lowest BCUT2D eigenvalue weighted by Crippen LogP contribution is -2.49. The molecule has 0 spiro atoms. The molecular formula is C11H11F2NO2S. The second-order valence-electron chi connectivity index (χ2n) is 3.67. The second kappa shape index (κ2) is 5.46. The number of thioether (sulfide) groups is 1. The number of hydrogen-bond donors (Lipinski definition) is 1. The predicted octanol–water partition coefficient (Wildman–Crippen LogP) is 1.57. The molecule has 1 aliphatic rings. The van der Waals surface area contributed by atoms with Gasteiger partial charge in [0.25, 0.3) is 0 Å². The molecule has 0 saturated carbocycles. The third-order valence-electron chi connectivity index (χ3n) is 2.26. The van der Waals surface area contributed by atoms with Gasteiger partial charge in [-0.25, -0.2) is 8.78 Å². The molecule has 1 amide bonds. The van der Waals surface area contributed by atoms with Crippen molar-refractivity contribution >= 4 is 17.7 Å². The third-order valence-corrected chi connectivity index (χ3v) is 3.26. The lowest BCUT2D eigenvalue weighted by Gasteiger charge is -2.26. The summed E-state index contributed by atoms with van der Waals surface area (Å²) in [7, 11) is 0. The minimum absolute atomic E-state index is 0.0908. The zero-order chi connectivity index (χ0) is 12.3. The Balaban J connectivity index is 1.80. The fourth-order valence-corrected chi connectivity index (χ4v) is 2.04. The summed E-state index contributed by atoms with van der Waals surface area (Å²) in [5.74, 6) is -1.73. The monoisotopic (exact) mass is 259 g/mol. The van der Waals surface area contributed by atoms with Crippen molar-refractivity contribution in [3.63, 3.8) is 0 Å². The average Bonchev–Trinajstić information content (AvgIpc) is 2.25. The molecule has 1 aliphatic heterocycles. The van der Waals surface area contributed by atoms with E-state index >= 15 is 0 Å². The zero-order valence-corrected chi connectivity index (χ0v) is 9.73. The molecule has 0 radical (unpaired) electrons. The summed E-state index contributed by atoms with van der Waals surface area (Å²) >= 11 is 1.17. The molecule has 17 heavy (non-hydrogen) atoms. The van der Waals surface area contributed by atoms with Crippen LogP contribution < -0.4 is 5.32 Å². The van der Waals surface area contributed by atoms with Crippen molar-refractivity contribution in [2.75, 3.05) is 19.0 Å². The zero-order valence-electron chi connectivity index (χ0n) is 8.91. The Kier molecular flexibility index (Phi) is 3.96. The maximum atomic E-state index is 12.9. The van der Waals surface area contributed by atoms with Gasteiger partial charge in [-0.2, -0.15) is 0 Å². The first kappa shape index (κ1) is 12.3. The molecule has 92 valence electrons. The number of benzene rings is 1. The summed E-state index contributed by atoms with van der Waals surface area (Å²) < 4.78 is 30.4. The largest absolute Gasteiger partial charge is 0.377 e. The summed E-state index contributed by atoms with van der Waals surface area (Å²) in [5, 5.41) is 2.76. The number of halogens is 2. The van der Waals surface area contributed by atoms with Crippen molar-refractivity contribution in [1.82, 2.24) is 5.32 Å². The first-order valence-electron chi connectivity index (χ1n) is 5.10. The Morgan fingerprint density at radius 1 is 1.41 bits per heavy atom. The SMILES string of the molecule is O=C(CSc1ccc(F)c(F)c1)NC1COC1. The van der Waals surface area contributed by atoms with E-state index < -0.39 is 11.6 Å². The lowest BCUT2D eigenvalue weighted by atomic mass is 10.2. The van der Waals surface area contributed by atoms with Crippen LogP contribution in [-0.4, -0.2) is 30.9 Å². The smallest absolute Gasteiger partial charge is 0.230 e. The molecule has 3 nitrogen and oxygen atoms in total. The molecule has 1 saturated heterocycles. The third kappa shape index (κ3) is 3.41. The van der Waals surface area contributed by atoms with Crippen molar-refractivity contribution in [3.05, 3.63) is 29.8 Å². The van der Waals surface area contributed by atoms with E-state index in [0.29, 0.717) is 18.1 Å². The molecule has 0 aliphatic carbocycles. The molecule has 1 aromatic carbocycles. The molecule has 6 heteroatoms. The number of carbonyl (C=O) groups is 1. The number of hydrogen-bond acceptors (Lipinski definition) is 3. The molecule has 1 fully saturated rings. The molecule has 0 atom stereocenters. The van der Waals surface area contributed by atoms with E-state index in [-0.39, 0.29) is 17.7 Å². The molecule has 1 heterocycles. The van der Waals surface area contributed by atoms with Gasteiger partial charge in [0.15, 0.2) is 11.6 Å². The van der Waals surface area contributed by atoms with Crippen LogP contribution in [0.15, 0.2) is 23.1 Å². The summed E-state index contributed by atoms with van der Waals surface area (Å²) in [5.41, 5.74) is 0. The topological polar surface area (TPSA) is 38.3 Å². The number of carbonyl (C=O) groups excluding carboxylic acids is 1. The Morgan fingerprint density at radius 3 is 2.76 bits per heavy atom. The quantitative estimate of drug-likeness (QED) is 0.834. The van der Waals surface area contributed by atoms with Crippen molar-refractivity contribution in [2.45, 2.75) is 10.9 Å². The Hall–Kier alpha value is -1.14. The molecule has 0 bridgehead atoms. The maximum absolute atomic E-state index is 12.9. The van der Waals surface area contributed by atoms with Crippen molar-refractivity contribution in [3.8, 4) is 0 Å². The van der Waals surface area contributed by atoms with Crippen LogP contribution in [0.4, 0.5) is 8.78 Å². The first-order valence-corrected chi connectivity index (χ1v) is 6.08. The normalized spacial score (nSPS) is 15.4. The van der Waals surface area contributed by atoms with Gasteiger partial charge in [-0.1, -0.05) is 0 Å². The van der Waals surface area contributed by atoms with Gasteiger partial charge in [0.05, 0.1) is 25.0 Å². The van der Waals surface area contributed by atoms with Crippen LogP contribution in [0, 0.1) is 11.6 Å². The van der Waals surface area contributed by atoms with Gasteiger partial charge < -0.3 is 10.1 Å². The van der Waals surface area contributed by atoms with Crippen LogP contribution >= 0.6 is 11.8 Å². The van der Waals surface area contributed by atoms with E-state index in [1.807, 2.05) is 0 Å². The van der Waals surface area contributed by atoms with E-state index in [1.54, 1.807) is 0 Å². The summed E-state index contributed by atoms with van der Waals surface area (Å²) in [6.07, 6.45) is 0. The predicted molar refractivity (Wildman–Crippen MR) is 59.8 cm³/mol. The molecule has 1 N–H and O–H groups in total. The van der Waals surface area contributed by atoms with Crippen LogP contribution in [0.1, 0.15) is 0 Å². The van der Waals surface area contributed by atoms with Gasteiger partial charge >= 0.3 is 0 Å². The van der Waals surface area contributed by atoms with Crippen LogP contribution in [0.25, 0.3) is 0 Å². The van der Waals surface area contributed by atoms with E-state index in [9.17, 15) is 13.6 Å². The fraction of sp³-hybridized carbons (Fsp3) is 0.364. The van der Waals surface area contributed by atoms with Gasteiger partial charge in [-0.3, -0.25) is 4.79 Å². The van der Waals surface area contributed by atoms with Gasteiger partial charge in [0.1, 0.15) is 0 Å². The van der Waals surface area contributed by atoms with Gasteiger partial charge in [-0.15, -0.1) is 11.8 Å². The van der Waals surface area contributed by atoms with Gasteiger partial charge in [0.2, 0.25) is 5.91 Å². The molecule has 0 aromatic heterocycles. The van der Waals surface area contributed by atoms with E-state index in [2.05, 4.69) is 5.32 Å². The highest BCUT2D eigenvalue weighted by Gasteiger charge is 2.20. The van der Waals surface area contributed by atoms with Gasteiger partial charge in [0, 0.05) is 4.90 Å². The van der Waals surface area contributed by atoms with Crippen molar-refractivity contribution in [2.24, 2.45) is 0 Å². The van der Waals surface area contributed by atoms with Crippen LogP contribution in [0.3, 0.4) is 0 Å². The molecule has 0 unspecified atom stereocenters. The van der Waals surface area contributed by atoms with Crippen LogP contribution in [-0.2, 0) is 9.53 Å². The molecular weight excluding hydrogens is 248 g/mol. The Morgan fingerprint density at radius 2 is 2.18 bits per heavy atom. The minimum Gasteiger partial charge on any atom is -0.377 e. The highest BCUT2D eigenvalue weighted by atomic mass is 32.2. The minimum atomic E-state index is -0.900. The van der Waals surface area contributed by atoms with Crippen LogP contribution in [0.2, 0.25) is 0 Å². The van der Waals surface area contributed by atoms with E-state index in [1.165, 1.54) is 17.8 Å². The van der Waals surface area contributed by atoms with Crippen molar-refractivity contribution in [1.29, 1.82) is 0 Å². The number of nitrogens with one attached hydrogen (secondary N) is 1. The van der Waals surface area contributed by atoms with Crippen LogP contribution in [0.5, 0.6) is 0 Å². The Labute approximate surface area is 102 Å². The highest BCUT2D eigenvalue weighted by Crippen LogP contribution is 2.20. The lowest BCUT2D eigenvalue weighted by molar-refractivity contribution is -0.122. The molecule has 1 aromatic rings. The summed E-state index contributed by atoms with van der Waals surface area (Å²) in [4.78, 5) is 11.9. The summed E-state index contributed by atoms with van der Waals surface area (Å²) in [6, 6.07) is 3.67. The fourth-order valence-electron chi connectivity index (χ4n) is 1.30. The maximum Gasteiger partial charge on any atom is 0.230 e.